The maximum absolute atomic E-state index is 12.4. The highest BCUT2D eigenvalue weighted by atomic mass is 16.6. The number of hydrogen-bond donors (Lipinski definition) is 4. The van der Waals surface area contributed by atoms with E-state index < -0.39 is 52.6 Å². The Morgan fingerprint density at radius 3 is 1.98 bits per heavy atom. The van der Waals surface area contributed by atoms with E-state index in [-0.39, 0.29) is 37.7 Å². The van der Waals surface area contributed by atoms with Crippen LogP contribution < -0.4 is 16.0 Å². The molecule has 1 heterocycles. The summed E-state index contributed by atoms with van der Waals surface area (Å²) >= 11 is 0. The van der Waals surface area contributed by atoms with E-state index in [2.05, 4.69) is 20.9 Å². The lowest BCUT2D eigenvalue weighted by Crippen LogP contribution is -2.48. The van der Waals surface area contributed by atoms with Crippen molar-refractivity contribution in [1.29, 1.82) is 0 Å². The third-order valence-electron chi connectivity index (χ3n) is 5.69. The number of nitro benzene ring substituents is 2. The van der Waals surface area contributed by atoms with Crippen LogP contribution in [0.25, 0.3) is 0 Å². The zero-order valence-corrected chi connectivity index (χ0v) is 21.8. The summed E-state index contributed by atoms with van der Waals surface area (Å²) in [5.74, 6) is -1.09. The maximum atomic E-state index is 12.4. The Hall–Kier alpha value is -5.81. The number of alkyl carbamates (subject to hydrolysis) is 1. The smallest absolute Gasteiger partial charge is 0.437 e. The summed E-state index contributed by atoms with van der Waals surface area (Å²) < 4.78 is 10.0. The van der Waals surface area contributed by atoms with Crippen LogP contribution in [-0.2, 0) is 27.5 Å². The van der Waals surface area contributed by atoms with E-state index >= 15 is 0 Å². The van der Waals surface area contributed by atoms with Crippen molar-refractivity contribution in [3.63, 3.8) is 0 Å². The summed E-state index contributed by atoms with van der Waals surface area (Å²) in [5, 5.41) is 37.9. The van der Waals surface area contributed by atoms with Crippen LogP contribution in [0.5, 0.6) is 0 Å². The number of carboxylic acid groups (broad SMARTS) is 1. The van der Waals surface area contributed by atoms with Crippen molar-refractivity contribution in [2.24, 2.45) is 4.99 Å². The molecule has 0 radical (unpaired) electrons. The number of carbonyl (C=O) groups is 4. The van der Waals surface area contributed by atoms with Crippen LogP contribution in [0.1, 0.15) is 17.5 Å². The first-order valence-corrected chi connectivity index (χ1v) is 12.2. The van der Waals surface area contributed by atoms with Crippen molar-refractivity contribution in [2.75, 3.05) is 19.6 Å². The average molecular weight is 588 g/mol. The van der Waals surface area contributed by atoms with Gasteiger partial charge in [-0.05, 0) is 41.8 Å². The van der Waals surface area contributed by atoms with Gasteiger partial charge in [-0.15, -0.1) is 4.99 Å². The number of rotatable bonds is 9. The normalized spacial score (nSPS) is 14.4. The van der Waals surface area contributed by atoms with Gasteiger partial charge in [0.15, 0.2) is 0 Å². The second-order valence-corrected chi connectivity index (χ2v) is 8.70. The van der Waals surface area contributed by atoms with Gasteiger partial charge < -0.3 is 30.1 Å². The number of likely N-dealkylation sites (tertiary alicyclic amines) is 1. The van der Waals surface area contributed by atoms with Gasteiger partial charge >= 0.3 is 18.3 Å². The van der Waals surface area contributed by atoms with E-state index in [1.54, 1.807) is 0 Å². The number of amides is 4. The number of benzene rings is 2. The molecule has 3 rings (SSSR count). The third kappa shape index (κ3) is 9.74. The maximum Gasteiger partial charge on any atom is 0.437 e. The highest BCUT2D eigenvalue weighted by molar-refractivity contribution is 6.00. The number of hydrogen-bond acceptors (Lipinski definition) is 10. The van der Waals surface area contributed by atoms with E-state index in [0.717, 1.165) is 4.90 Å². The first-order chi connectivity index (χ1) is 20.0. The number of carbonyl (C=O) groups excluding carboxylic acids is 3. The van der Waals surface area contributed by atoms with Gasteiger partial charge in [-0.3, -0.25) is 30.3 Å². The first-order valence-electron chi connectivity index (χ1n) is 12.2. The van der Waals surface area contributed by atoms with Crippen LogP contribution in [0.15, 0.2) is 53.5 Å². The zero-order chi connectivity index (χ0) is 30.6. The Balaban J connectivity index is 1.59. The van der Waals surface area contributed by atoms with Crippen LogP contribution in [0.4, 0.5) is 25.8 Å². The molecule has 1 saturated heterocycles. The lowest BCUT2D eigenvalue weighted by molar-refractivity contribution is -0.385. The highest BCUT2D eigenvalue weighted by Crippen LogP contribution is 2.14. The second-order valence-electron chi connectivity index (χ2n) is 8.70. The molecule has 0 aromatic heterocycles. The predicted octanol–water partition coefficient (Wildman–Crippen LogP) is 1.88. The summed E-state index contributed by atoms with van der Waals surface area (Å²) in [6.07, 6.45) is -2.97. The molecule has 18 heteroatoms. The lowest BCUT2D eigenvalue weighted by atomic mass is 10.2. The average Bonchev–Trinajstić information content (AvgIpc) is 3.43. The summed E-state index contributed by atoms with van der Waals surface area (Å²) in [5.41, 5.74) is 0.537. The van der Waals surface area contributed by atoms with Gasteiger partial charge in [0.05, 0.1) is 16.4 Å². The third-order valence-corrected chi connectivity index (χ3v) is 5.69. The van der Waals surface area contributed by atoms with Crippen LogP contribution in [-0.4, -0.2) is 75.7 Å². The number of non-ortho nitro benzene ring substituents is 2. The van der Waals surface area contributed by atoms with Crippen LogP contribution in [0.2, 0.25) is 0 Å². The van der Waals surface area contributed by atoms with Crippen LogP contribution in [0, 0.1) is 20.2 Å². The summed E-state index contributed by atoms with van der Waals surface area (Å²) in [4.78, 5) is 73.2. The van der Waals surface area contributed by atoms with Gasteiger partial charge in [0.1, 0.15) is 13.2 Å². The van der Waals surface area contributed by atoms with Gasteiger partial charge in [-0.2, -0.15) is 0 Å². The fraction of sp³-hybridized carbons (Fsp3) is 0.292. The summed E-state index contributed by atoms with van der Waals surface area (Å²) in [6, 6.07) is 9.99. The molecular formula is C24H25N7O11. The van der Waals surface area contributed by atoms with Gasteiger partial charge in [0, 0.05) is 43.4 Å². The minimum absolute atomic E-state index is 0.101. The van der Waals surface area contributed by atoms with Gasteiger partial charge in [0.25, 0.3) is 11.4 Å². The van der Waals surface area contributed by atoms with Crippen molar-refractivity contribution in [3.8, 4) is 0 Å². The van der Waals surface area contributed by atoms with Crippen molar-refractivity contribution in [1.82, 2.24) is 20.9 Å². The van der Waals surface area contributed by atoms with Crippen molar-refractivity contribution in [2.45, 2.75) is 25.7 Å². The van der Waals surface area contributed by atoms with Crippen molar-refractivity contribution in [3.05, 3.63) is 79.9 Å². The topological polar surface area (TPSA) is 245 Å². The van der Waals surface area contributed by atoms with E-state index in [1.807, 2.05) is 0 Å². The molecule has 0 saturated carbocycles. The summed E-state index contributed by atoms with van der Waals surface area (Å²) in [6.45, 7) is -0.710. The zero-order valence-electron chi connectivity index (χ0n) is 21.8. The number of nitro groups is 2. The monoisotopic (exact) mass is 587 g/mol. The molecule has 222 valence electrons. The lowest BCUT2D eigenvalue weighted by Gasteiger charge is -2.15. The largest absolute Gasteiger partial charge is 0.465 e. The standard InChI is InChI=1S/C24H25N7O11/c32-20(26-17-9-10-29(12-17)24(35)36)11-25-21(27-22(33)41-13-15-1-5-18(6-2-15)30(37)38)28-23(34)42-14-16-3-7-19(8-4-16)31(39)40/h1-8,17H,9-14H2,(H,26,32)(H,35,36)(H2,25,27,28,33,34)/t17-/m0/s1. The second kappa shape index (κ2) is 14.5. The molecule has 0 spiro atoms. The molecule has 1 aliphatic heterocycles. The van der Waals surface area contributed by atoms with Crippen LogP contribution in [0.3, 0.4) is 0 Å². The number of nitrogens with one attached hydrogen (secondary N) is 3. The Kier molecular flexibility index (Phi) is 10.6. The number of ether oxygens (including phenoxy) is 2. The molecule has 42 heavy (non-hydrogen) atoms. The SMILES string of the molecule is O=C(CN/C(=N\C(=O)OCc1ccc([N+](=O)[O-])cc1)NC(=O)OCc1ccc([N+](=O)[O-])cc1)N[C@H]1CCN(C(=O)O)C1. The fourth-order valence-corrected chi connectivity index (χ4v) is 3.58. The quantitative estimate of drug-likeness (QED) is 0.142. The van der Waals surface area contributed by atoms with E-state index in [4.69, 9.17) is 14.6 Å². The molecule has 1 aliphatic rings. The van der Waals surface area contributed by atoms with E-state index in [1.165, 1.54) is 48.5 Å². The number of aliphatic imine (C=N–C) groups is 1. The number of nitrogens with zero attached hydrogens (tertiary/aromatic N) is 4. The van der Waals surface area contributed by atoms with Gasteiger partial charge in [0.2, 0.25) is 11.9 Å². The molecule has 2 aromatic carbocycles. The molecule has 18 nitrogen and oxygen atoms in total. The van der Waals surface area contributed by atoms with Crippen molar-refractivity contribution < 1.29 is 43.6 Å². The molecule has 4 N–H and O–H groups in total. The number of guanidine groups is 1. The summed E-state index contributed by atoms with van der Waals surface area (Å²) in [7, 11) is 0. The molecule has 1 atom stereocenters. The van der Waals surface area contributed by atoms with E-state index in [9.17, 15) is 39.4 Å². The minimum Gasteiger partial charge on any atom is -0.465 e. The molecule has 4 amide bonds. The van der Waals surface area contributed by atoms with Gasteiger partial charge in [-0.1, -0.05) is 0 Å². The molecule has 2 aromatic rings. The Bertz CT molecular complexity index is 1360. The van der Waals surface area contributed by atoms with Crippen LogP contribution >= 0.6 is 0 Å². The molecule has 0 aliphatic carbocycles. The van der Waals surface area contributed by atoms with Gasteiger partial charge in [-0.25, -0.2) is 14.4 Å². The van der Waals surface area contributed by atoms with E-state index in [0.29, 0.717) is 17.5 Å². The predicted molar refractivity (Wildman–Crippen MR) is 141 cm³/mol. The van der Waals surface area contributed by atoms with Crippen molar-refractivity contribution >= 4 is 41.5 Å². The minimum atomic E-state index is -1.18. The Morgan fingerprint density at radius 1 is 0.929 bits per heavy atom. The molecular weight excluding hydrogens is 562 g/mol. The molecule has 1 fully saturated rings. The highest BCUT2D eigenvalue weighted by Gasteiger charge is 2.27. The Labute approximate surface area is 236 Å². The first kappa shape index (κ1) is 30.7. The Morgan fingerprint density at radius 2 is 1.48 bits per heavy atom. The fourth-order valence-electron chi connectivity index (χ4n) is 3.58. The molecule has 0 bridgehead atoms. The molecule has 0 unspecified atom stereocenters.